The van der Waals surface area contributed by atoms with E-state index in [1.165, 1.54) is 19.3 Å². The van der Waals surface area contributed by atoms with Crippen LogP contribution in [0.2, 0.25) is 0 Å². The smallest absolute Gasteiger partial charge is 0.117 e. The Bertz CT molecular complexity index is 292. The molecule has 1 fully saturated rings. The van der Waals surface area contributed by atoms with E-state index in [9.17, 15) is 0 Å². The Morgan fingerprint density at radius 3 is 2.86 bits per heavy atom. The molecule has 0 saturated heterocycles. The molecule has 1 aromatic rings. The van der Waals surface area contributed by atoms with Gasteiger partial charge in [0, 0.05) is 6.04 Å². The van der Waals surface area contributed by atoms with Crippen LogP contribution in [0.1, 0.15) is 37.7 Å². The quantitative estimate of drug-likeness (QED) is 0.798. The topological polar surface area (TPSA) is 25.2 Å². The van der Waals surface area contributed by atoms with Gasteiger partial charge in [-0.25, -0.2) is 0 Å². The van der Waals surface area contributed by atoms with Gasteiger partial charge in [-0.3, -0.25) is 0 Å². The minimum Gasteiger partial charge on any atom is -0.465 e. The van der Waals surface area contributed by atoms with Crippen LogP contribution in [-0.2, 0) is 6.54 Å². The second-order valence-corrected chi connectivity index (χ2v) is 4.41. The van der Waals surface area contributed by atoms with Crippen LogP contribution in [0.5, 0.6) is 0 Å². The SMILES string of the molecule is Cc1ccc(CNC2CCCC2C)o1. The molecule has 0 amide bonds. The van der Waals surface area contributed by atoms with Crippen molar-refractivity contribution in [2.75, 3.05) is 0 Å². The van der Waals surface area contributed by atoms with E-state index in [0.717, 1.165) is 24.0 Å². The summed E-state index contributed by atoms with van der Waals surface area (Å²) >= 11 is 0. The Kier molecular flexibility index (Phi) is 2.92. The molecular weight excluding hydrogens is 174 g/mol. The van der Waals surface area contributed by atoms with Crippen LogP contribution in [0.15, 0.2) is 16.5 Å². The number of nitrogens with one attached hydrogen (secondary N) is 1. The fourth-order valence-corrected chi connectivity index (χ4v) is 2.26. The summed E-state index contributed by atoms with van der Waals surface area (Å²) in [5.74, 6) is 2.88. The summed E-state index contributed by atoms with van der Waals surface area (Å²) in [7, 11) is 0. The van der Waals surface area contributed by atoms with Crippen molar-refractivity contribution in [3.8, 4) is 0 Å². The lowest BCUT2D eigenvalue weighted by Crippen LogP contribution is -2.30. The second-order valence-electron chi connectivity index (χ2n) is 4.41. The lowest BCUT2D eigenvalue weighted by molar-refractivity contribution is 0.390. The highest BCUT2D eigenvalue weighted by Gasteiger charge is 2.22. The summed E-state index contributed by atoms with van der Waals surface area (Å²) in [6.07, 6.45) is 4.06. The van der Waals surface area contributed by atoms with Gasteiger partial charge in [-0.05, 0) is 37.8 Å². The number of furan rings is 1. The van der Waals surface area contributed by atoms with Crippen molar-refractivity contribution in [1.82, 2.24) is 5.32 Å². The number of hydrogen-bond donors (Lipinski definition) is 1. The number of aryl methyl sites for hydroxylation is 1. The highest BCUT2D eigenvalue weighted by molar-refractivity contribution is 5.05. The molecule has 2 nitrogen and oxygen atoms in total. The van der Waals surface area contributed by atoms with Gasteiger partial charge < -0.3 is 9.73 Å². The van der Waals surface area contributed by atoms with E-state index < -0.39 is 0 Å². The molecule has 1 heterocycles. The van der Waals surface area contributed by atoms with Gasteiger partial charge in [-0.15, -0.1) is 0 Å². The molecule has 2 atom stereocenters. The molecular formula is C12H19NO. The minimum atomic E-state index is 0.695. The summed E-state index contributed by atoms with van der Waals surface area (Å²) in [5.41, 5.74) is 0. The third-order valence-corrected chi connectivity index (χ3v) is 3.20. The zero-order valence-electron chi connectivity index (χ0n) is 9.05. The molecule has 2 rings (SSSR count). The predicted octanol–water partition coefficient (Wildman–Crippen LogP) is 2.87. The Morgan fingerprint density at radius 1 is 1.43 bits per heavy atom. The predicted molar refractivity (Wildman–Crippen MR) is 57.1 cm³/mol. The molecule has 0 spiro atoms. The molecule has 0 aromatic carbocycles. The molecule has 0 aliphatic heterocycles. The van der Waals surface area contributed by atoms with Gasteiger partial charge in [0.05, 0.1) is 6.54 Å². The Morgan fingerprint density at radius 2 is 2.29 bits per heavy atom. The maximum atomic E-state index is 5.52. The van der Waals surface area contributed by atoms with Gasteiger partial charge in [-0.2, -0.15) is 0 Å². The average molecular weight is 193 g/mol. The van der Waals surface area contributed by atoms with Gasteiger partial charge in [0.25, 0.3) is 0 Å². The molecule has 0 radical (unpaired) electrons. The first-order valence-electron chi connectivity index (χ1n) is 5.54. The van der Waals surface area contributed by atoms with E-state index in [2.05, 4.69) is 18.3 Å². The summed E-state index contributed by atoms with van der Waals surface area (Å²) in [5, 5.41) is 3.57. The van der Waals surface area contributed by atoms with E-state index in [1.54, 1.807) is 0 Å². The van der Waals surface area contributed by atoms with Crippen LogP contribution in [0.25, 0.3) is 0 Å². The van der Waals surface area contributed by atoms with Crippen LogP contribution < -0.4 is 5.32 Å². The molecule has 2 heteroatoms. The number of hydrogen-bond acceptors (Lipinski definition) is 2. The van der Waals surface area contributed by atoms with Crippen molar-refractivity contribution in [2.45, 2.75) is 45.7 Å². The molecule has 1 saturated carbocycles. The highest BCUT2D eigenvalue weighted by atomic mass is 16.3. The van der Waals surface area contributed by atoms with Gasteiger partial charge in [-0.1, -0.05) is 13.3 Å². The fraction of sp³-hybridized carbons (Fsp3) is 0.667. The minimum absolute atomic E-state index is 0.695. The molecule has 2 unspecified atom stereocenters. The summed E-state index contributed by atoms with van der Waals surface area (Å²) < 4.78 is 5.52. The van der Waals surface area contributed by atoms with Gasteiger partial charge in [0.1, 0.15) is 11.5 Å². The molecule has 0 bridgehead atoms. The van der Waals surface area contributed by atoms with Crippen LogP contribution in [0.4, 0.5) is 0 Å². The van der Waals surface area contributed by atoms with Crippen LogP contribution >= 0.6 is 0 Å². The summed E-state index contributed by atoms with van der Waals surface area (Å²) in [6.45, 7) is 5.20. The third-order valence-electron chi connectivity index (χ3n) is 3.20. The Balaban J connectivity index is 1.82. The van der Waals surface area contributed by atoms with E-state index >= 15 is 0 Å². The average Bonchev–Trinajstić information content (AvgIpc) is 2.72. The standard InChI is InChI=1S/C12H19NO/c1-9-4-3-5-12(9)13-8-11-7-6-10(2)14-11/h6-7,9,12-13H,3-5,8H2,1-2H3. The van der Waals surface area contributed by atoms with Gasteiger partial charge in [0.15, 0.2) is 0 Å². The van der Waals surface area contributed by atoms with Gasteiger partial charge >= 0.3 is 0 Å². The first kappa shape index (κ1) is 9.78. The zero-order valence-corrected chi connectivity index (χ0v) is 9.05. The number of rotatable bonds is 3. The molecule has 1 aliphatic carbocycles. The van der Waals surface area contributed by atoms with Crippen LogP contribution in [-0.4, -0.2) is 6.04 Å². The highest BCUT2D eigenvalue weighted by Crippen LogP contribution is 2.25. The van der Waals surface area contributed by atoms with Crippen LogP contribution in [0.3, 0.4) is 0 Å². The maximum Gasteiger partial charge on any atom is 0.117 e. The van der Waals surface area contributed by atoms with Crippen molar-refractivity contribution in [2.24, 2.45) is 5.92 Å². The summed E-state index contributed by atoms with van der Waals surface area (Å²) in [6, 6.07) is 4.78. The maximum absolute atomic E-state index is 5.52. The lowest BCUT2D eigenvalue weighted by atomic mass is 10.1. The van der Waals surface area contributed by atoms with Gasteiger partial charge in [0.2, 0.25) is 0 Å². The molecule has 78 valence electrons. The van der Waals surface area contributed by atoms with E-state index in [0.29, 0.717) is 6.04 Å². The first-order chi connectivity index (χ1) is 6.75. The lowest BCUT2D eigenvalue weighted by Gasteiger charge is -2.16. The third kappa shape index (κ3) is 2.18. The molecule has 1 aromatic heterocycles. The van der Waals surface area contributed by atoms with Crippen LogP contribution in [0, 0.1) is 12.8 Å². The normalized spacial score (nSPS) is 27.0. The fourth-order valence-electron chi connectivity index (χ4n) is 2.26. The van der Waals surface area contributed by atoms with E-state index in [-0.39, 0.29) is 0 Å². The second kappa shape index (κ2) is 4.18. The summed E-state index contributed by atoms with van der Waals surface area (Å²) in [4.78, 5) is 0. The molecule has 1 N–H and O–H groups in total. The van der Waals surface area contributed by atoms with Crippen molar-refractivity contribution in [3.05, 3.63) is 23.7 Å². The van der Waals surface area contributed by atoms with Crippen molar-refractivity contribution in [3.63, 3.8) is 0 Å². The molecule has 14 heavy (non-hydrogen) atoms. The van der Waals surface area contributed by atoms with Crippen molar-refractivity contribution in [1.29, 1.82) is 0 Å². The Labute approximate surface area is 85.7 Å². The van der Waals surface area contributed by atoms with E-state index in [4.69, 9.17) is 4.42 Å². The zero-order chi connectivity index (χ0) is 9.97. The van der Waals surface area contributed by atoms with Crippen molar-refractivity contribution >= 4 is 0 Å². The molecule has 1 aliphatic rings. The first-order valence-corrected chi connectivity index (χ1v) is 5.54. The Hall–Kier alpha value is -0.760. The largest absolute Gasteiger partial charge is 0.465 e. The van der Waals surface area contributed by atoms with Crippen molar-refractivity contribution < 1.29 is 4.42 Å². The monoisotopic (exact) mass is 193 g/mol. The van der Waals surface area contributed by atoms with E-state index in [1.807, 2.05) is 13.0 Å².